The molecule has 134 valence electrons. The topological polar surface area (TPSA) is 79.5 Å². The molecule has 2 rings (SSSR count). The third-order valence-corrected chi connectivity index (χ3v) is 4.44. The van der Waals surface area contributed by atoms with E-state index in [1.807, 2.05) is 17.5 Å². The number of thiophene rings is 1. The summed E-state index contributed by atoms with van der Waals surface area (Å²) >= 11 is 1.62. The molecule has 0 aliphatic rings. The van der Waals surface area contributed by atoms with Gasteiger partial charge in [-0.2, -0.15) is 0 Å². The lowest BCUT2D eigenvalue weighted by Crippen LogP contribution is -2.34. The van der Waals surface area contributed by atoms with Crippen LogP contribution in [0, 0.1) is 5.92 Å². The molecule has 0 aliphatic heterocycles. The molecule has 1 heterocycles. The molecule has 0 radical (unpaired) electrons. The van der Waals surface area contributed by atoms with Gasteiger partial charge in [-0.25, -0.2) is 4.79 Å². The third-order valence-electron chi connectivity index (χ3n) is 3.48. The number of urea groups is 1. The molecular formula is C18H23N3O3S. The maximum atomic E-state index is 12.3. The van der Waals surface area contributed by atoms with Gasteiger partial charge in [0.1, 0.15) is 6.61 Å². The molecular weight excluding hydrogens is 338 g/mol. The van der Waals surface area contributed by atoms with Gasteiger partial charge in [-0.15, -0.1) is 11.3 Å². The molecule has 0 bridgehead atoms. The van der Waals surface area contributed by atoms with E-state index in [1.54, 1.807) is 35.6 Å². The van der Waals surface area contributed by atoms with Crippen molar-refractivity contribution in [1.29, 1.82) is 0 Å². The van der Waals surface area contributed by atoms with Crippen LogP contribution in [0.1, 0.15) is 24.8 Å². The van der Waals surface area contributed by atoms with Crippen LogP contribution in [0.3, 0.4) is 0 Å². The lowest BCUT2D eigenvalue weighted by Gasteiger charge is -2.21. The second-order valence-corrected chi connectivity index (χ2v) is 6.88. The summed E-state index contributed by atoms with van der Waals surface area (Å²) in [6.07, 6.45) is 0. The number of ether oxygens (including phenoxy) is 1. The zero-order chi connectivity index (χ0) is 18.2. The molecule has 0 saturated heterocycles. The van der Waals surface area contributed by atoms with Crippen LogP contribution in [0.15, 0.2) is 41.8 Å². The zero-order valence-electron chi connectivity index (χ0n) is 14.5. The van der Waals surface area contributed by atoms with E-state index in [-0.39, 0.29) is 30.5 Å². The molecule has 25 heavy (non-hydrogen) atoms. The van der Waals surface area contributed by atoms with Crippen LogP contribution in [-0.4, -0.2) is 25.7 Å². The van der Waals surface area contributed by atoms with Gasteiger partial charge in [-0.1, -0.05) is 26.0 Å². The number of amides is 3. The van der Waals surface area contributed by atoms with E-state index in [4.69, 9.17) is 4.74 Å². The highest BCUT2D eigenvalue weighted by atomic mass is 32.1. The lowest BCUT2D eigenvalue weighted by atomic mass is 10.0. The fourth-order valence-electron chi connectivity index (χ4n) is 2.35. The minimum absolute atomic E-state index is 0.0188. The van der Waals surface area contributed by atoms with E-state index >= 15 is 0 Å². The molecule has 3 amide bonds. The second kappa shape index (κ2) is 9.19. The minimum Gasteiger partial charge on any atom is -0.375 e. The Morgan fingerprint density at radius 1 is 1.12 bits per heavy atom. The standard InChI is InChI=1S/C18H23N3O3S/c1-12(2)17(15-8-5-9-25-15)21-18(23)20-14-7-4-6-13(10-14)19-16(22)11-24-3/h4-10,12,17H,11H2,1-3H3,(H,19,22)(H2,20,21,23)/t17-/m0/s1. The summed E-state index contributed by atoms with van der Waals surface area (Å²) in [7, 11) is 1.46. The highest BCUT2D eigenvalue weighted by Gasteiger charge is 2.19. The first kappa shape index (κ1) is 19.0. The lowest BCUT2D eigenvalue weighted by molar-refractivity contribution is -0.119. The van der Waals surface area contributed by atoms with Crippen LogP contribution in [0.5, 0.6) is 0 Å². The van der Waals surface area contributed by atoms with Gasteiger partial charge < -0.3 is 20.7 Å². The summed E-state index contributed by atoms with van der Waals surface area (Å²) in [4.78, 5) is 25.0. The largest absolute Gasteiger partial charge is 0.375 e. The van der Waals surface area contributed by atoms with E-state index in [0.29, 0.717) is 11.4 Å². The molecule has 6 nitrogen and oxygen atoms in total. The first-order valence-corrected chi connectivity index (χ1v) is 8.87. The van der Waals surface area contributed by atoms with Crippen molar-refractivity contribution >= 4 is 34.6 Å². The molecule has 3 N–H and O–H groups in total. The smallest absolute Gasteiger partial charge is 0.319 e. The molecule has 0 aliphatic carbocycles. The number of nitrogens with one attached hydrogen (secondary N) is 3. The van der Waals surface area contributed by atoms with Crippen molar-refractivity contribution in [2.45, 2.75) is 19.9 Å². The quantitative estimate of drug-likeness (QED) is 0.701. The van der Waals surface area contributed by atoms with Gasteiger partial charge in [-0.3, -0.25) is 4.79 Å². The number of rotatable bonds is 7. The Balaban J connectivity index is 1.99. The van der Waals surface area contributed by atoms with E-state index in [9.17, 15) is 9.59 Å². The number of anilines is 2. The predicted octanol–water partition coefficient (Wildman–Crippen LogP) is 3.85. The summed E-state index contributed by atoms with van der Waals surface area (Å²) in [6, 6.07) is 10.6. The molecule has 0 spiro atoms. The highest BCUT2D eigenvalue weighted by molar-refractivity contribution is 7.10. The molecule has 1 aromatic heterocycles. The first-order valence-electron chi connectivity index (χ1n) is 7.99. The number of benzene rings is 1. The maximum Gasteiger partial charge on any atom is 0.319 e. The first-order chi connectivity index (χ1) is 12.0. The van der Waals surface area contributed by atoms with Gasteiger partial charge in [0.25, 0.3) is 0 Å². The maximum absolute atomic E-state index is 12.3. The molecule has 1 atom stereocenters. The van der Waals surface area contributed by atoms with Gasteiger partial charge in [0.05, 0.1) is 6.04 Å². The number of hydrogen-bond acceptors (Lipinski definition) is 4. The fraction of sp³-hybridized carbons (Fsp3) is 0.333. The minimum atomic E-state index is -0.285. The van der Waals surface area contributed by atoms with E-state index in [1.165, 1.54) is 7.11 Å². The Labute approximate surface area is 151 Å². The summed E-state index contributed by atoms with van der Waals surface area (Å²) in [5.41, 5.74) is 1.19. The van der Waals surface area contributed by atoms with E-state index in [2.05, 4.69) is 29.8 Å². The van der Waals surface area contributed by atoms with Gasteiger partial charge in [0, 0.05) is 23.4 Å². The number of carbonyl (C=O) groups excluding carboxylic acids is 2. The van der Waals surface area contributed by atoms with Crippen molar-refractivity contribution in [3.8, 4) is 0 Å². The van der Waals surface area contributed by atoms with E-state index in [0.717, 1.165) is 4.88 Å². The number of hydrogen-bond donors (Lipinski definition) is 3. The monoisotopic (exact) mass is 361 g/mol. The van der Waals surface area contributed by atoms with Gasteiger partial charge in [-0.05, 0) is 35.6 Å². The number of methoxy groups -OCH3 is 1. The summed E-state index contributed by atoms with van der Waals surface area (Å²) in [5.74, 6) is 0.0192. The Kier molecular flexibility index (Phi) is 6.97. The van der Waals surface area contributed by atoms with Crippen molar-refractivity contribution in [2.75, 3.05) is 24.4 Å². The van der Waals surface area contributed by atoms with Crippen LogP contribution < -0.4 is 16.0 Å². The van der Waals surface area contributed by atoms with Crippen LogP contribution >= 0.6 is 11.3 Å². The van der Waals surface area contributed by atoms with Gasteiger partial charge in [0.15, 0.2) is 0 Å². The Morgan fingerprint density at radius 2 is 1.84 bits per heavy atom. The van der Waals surface area contributed by atoms with Crippen LogP contribution in [0.2, 0.25) is 0 Å². The van der Waals surface area contributed by atoms with Crippen molar-refractivity contribution in [3.63, 3.8) is 0 Å². The Morgan fingerprint density at radius 3 is 2.44 bits per heavy atom. The predicted molar refractivity (Wildman–Crippen MR) is 101 cm³/mol. The van der Waals surface area contributed by atoms with Crippen molar-refractivity contribution < 1.29 is 14.3 Å². The molecule has 7 heteroatoms. The van der Waals surface area contributed by atoms with Gasteiger partial charge in [0.2, 0.25) is 5.91 Å². The second-order valence-electron chi connectivity index (χ2n) is 5.90. The summed E-state index contributed by atoms with van der Waals surface area (Å²) in [6.45, 7) is 4.11. The van der Waals surface area contributed by atoms with Crippen molar-refractivity contribution in [3.05, 3.63) is 46.7 Å². The normalized spacial score (nSPS) is 11.8. The van der Waals surface area contributed by atoms with Crippen molar-refractivity contribution in [1.82, 2.24) is 5.32 Å². The molecule has 1 aromatic carbocycles. The Bertz CT molecular complexity index is 701. The Hall–Kier alpha value is -2.38. The molecule has 2 aromatic rings. The SMILES string of the molecule is COCC(=O)Nc1cccc(NC(=O)N[C@H](c2cccs2)C(C)C)c1. The molecule has 0 unspecified atom stereocenters. The van der Waals surface area contributed by atoms with Crippen LogP contribution in [-0.2, 0) is 9.53 Å². The van der Waals surface area contributed by atoms with Crippen molar-refractivity contribution in [2.24, 2.45) is 5.92 Å². The van der Waals surface area contributed by atoms with Gasteiger partial charge >= 0.3 is 6.03 Å². The average Bonchev–Trinajstić information content (AvgIpc) is 3.07. The zero-order valence-corrected chi connectivity index (χ0v) is 15.4. The van der Waals surface area contributed by atoms with Crippen LogP contribution in [0.25, 0.3) is 0 Å². The highest BCUT2D eigenvalue weighted by Crippen LogP contribution is 2.26. The molecule has 0 fully saturated rings. The average molecular weight is 361 g/mol. The van der Waals surface area contributed by atoms with Crippen LogP contribution in [0.4, 0.5) is 16.2 Å². The number of carbonyl (C=O) groups is 2. The summed E-state index contributed by atoms with van der Waals surface area (Å²) in [5, 5.41) is 10.5. The van der Waals surface area contributed by atoms with E-state index < -0.39 is 0 Å². The molecule has 0 saturated carbocycles. The summed E-state index contributed by atoms with van der Waals surface area (Å²) < 4.78 is 4.78. The fourth-order valence-corrected chi connectivity index (χ4v) is 3.29. The third kappa shape index (κ3) is 5.88.